The second kappa shape index (κ2) is 8.31. The number of thioether (sulfide) groups is 2. The molecule has 0 unspecified atom stereocenters. The predicted octanol–water partition coefficient (Wildman–Crippen LogP) is 4.31. The van der Waals surface area contributed by atoms with Crippen LogP contribution in [-0.2, 0) is 10.5 Å². The van der Waals surface area contributed by atoms with Crippen molar-refractivity contribution < 1.29 is 14.3 Å². The average Bonchev–Trinajstić information content (AvgIpc) is 2.66. The van der Waals surface area contributed by atoms with E-state index >= 15 is 0 Å². The molecule has 0 saturated heterocycles. The van der Waals surface area contributed by atoms with Gasteiger partial charge in [0.25, 0.3) is 0 Å². The topological polar surface area (TPSA) is 59.9 Å². The minimum atomic E-state index is -0.101. The number of aliphatic imine (C=N–C) groups is 1. The van der Waals surface area contributed by atoms with E-state index in [4.69, 9.17) is 9.47 Å². The first kappa shape index (κ1) is 17.7. The molecule has 0 spiro atoms. The van der Waals surface area contributed by atoms with Gasteiger partial charge >= 0.3 is 0 Å². The summed E-state index contributed by atoms with van der Waals surface area (Å²) in [4.78, 5) is 16.8. The maximum absolute atomic E-state index is 12.2. The Morgan fingerprint density at radius 1 is 1.24 bits per heavy atom. The molecule has 1 heterocycles. The molecule has 1 N–H and O–H groups in total. The van der Waals surface area contributed by atoms with Crippen LogP contribution in [0.15, 0.2) is 47.5 Å². The van der Waals surface area contributed by atoms with E-state index in [9.17, 15) is 4.79 Å². The Balaban J connectivity index is 1.60. The molecule has 0 atom stereocenters. The van der Waals surface area contributed by atoms with Crippen molar-refractivity contribution in [1.82, 2.24) is 0 Å². The van der Waals surface area contributed by atoms with Crippen molar-refractivity contribution in [1.29, 1.82) is 0 Å². The van der Waals surface area contributed by atoms with Gasteiger partial charge in [-0.1, -0.05) is 41.7 Å². The fourth-order valence-electron chi connectivity index (χ4n) is 2.30. The maximum atomic E-state index is 12.2. The Morgan fingerprint density at radius 3 is 2.88 bits per heavy atom. The number of anilines is 1. The molecule has 2 aromatic rings. The van der Waals surface area contributed by atoms with Gasteiger partial charge in [0.05, 0.1) is 31.3 Å². The molecule has 130 valence electrons. The van der Waals surface area contributed by atoms with Gasteiger partial charge in [-0.3, -0.25) is 4.79 Å². The van der Waals surface area contributed by atoms with Crippen LogP contribution in [0.4, 0.5) is 11.4 Å². The van der Waals surface area contributed by atoms with Crippen molar-refractivity contribution in [3.05, 3.63) is 48.0 Å². The van der Waals surface area contributed by atoms with E-state index in [0.29, 0.717) is 22.9 Å². The summed E-state index contributed by atoms with van der Waals surface area (Å²) >= 11 is 3.10. The Labute approximate surface area is 155 Å². The third-order valence-corrected chi connectivity index (χ3v) is 5.81. The van der Waals surface area contributed by atoms with E-state index in [-0.39, 0.29) is 5.91 Å². The van der Waals surface area contributed by atoms with Gasteiger partial charge in [0.15, 0.2) is 0 Å². The highest BCUT2D eigenvalue weighted by Crippen LogP contribution is 2.34. The molecule has 25 heavy (non-hydrogen) atoms. The van der Waals surface area contributed by atoms with Crippen LogP contribution in [0.2, 0.25) is 0 Å². The highest BCUT2D eigenvalue weighted by atomic mass is 32.2. The minimum Gasteiger partial charge on any atom is -0.497 e. The van der Waals surface area contributed by atoms with Gasteiger partial charge in [0.2, 0.25) is 5.91 Å². The van der Waals surface area contributed by atoms with Gasteiger partial charge < -0.3 is 14.8 Å². The van der Waals surface area contributed by atoms with Gasteiger partial charge in [-0.15, -0.1) is 0 Å². The Kier molecular flexibility index (Phi) is 5.88. The number of nitrogens with zero attached hydrogens (tertiary/aromatic N) is 1. The Hall–Kier alpha value is -2.12. The number of fused-ring (bicyclic) bond motifs is 1. The Bertz CT molecular complexity index is 809. The fraction of sp³-hybridized carbons (Fsp3) is 0.222. The van der Waals surface area contributed by atoms with Crippen LogP contribution in [-0.4, -0.2) is 30.3 Å². The summed E-state index contributed by atoms with van der Waals surface area (Å²) < 4.78 is 11.4. The zero-order valence-corrected chi connectivity index (χ0v) is 15.6. The number of methoxy groups -OCH3 is 2. The zero-order valence-electron chi connectivity index (χ0n) is 13.9. The standard InChI is InChI=1S/C18H18N2O3S2/c1-22-13-7-8-15(16(9-13)23-2)19-17(21)11-25-18-20-14-6-4-3-5-12(14)10-24-18/h3-9H,10-11H2,1-2H3,(H,19,21). The Morgan fingerprint density at radius 2 is 2.08 bits per heavy atom. The number of ether oxygens (including phenoxy) is 2. The van der Waals surface area contributed by atoms with E-state index in [2.05, 4.69) is 16.4 Å². The third-order valence-electron chi connectivity index (χ3n) is 3.56. The van der Waals surface area contributed by atoms with Crippen molar-refractivity contribution in [3.63, 3.8) is 0 Å². The summed E-state index contributed by atoms with van der Waals surface area (Å²) in [5, 5.41) is 2.87. The van der Waals surface area contributed by atoms with Crippen LogP contribution in [0.3, 0.4) is 0 Å². The molecule has 1 aliphatic heterocycles. The smallest absolute Gasteiger partial charge is 0.234 e. The largest absolute Gasteiger partial charge is 0.497 e. The van der Waals surface area contributed by atoms with Crippen molar-refractivity contribution >= 4 is 45.2 Å². The average molecular weight is 374 g/mol. The molecule has 7 heteroatoms. The molecule has 0 fully saturated rings. The molecule has 2 aromatic carbocycles. The lowest BCUT2D eigenvalue weighted by Crippen LogP contribution is -2.15. The number of para-hydroxylation sites is 1. The number of rotatable bonds is 5. The van der Waals surface area contributed by atoms with Crippen LogP contribution in [0.25, 0.3) is 0 Å². The minimum absolute atomic E-state index is 0.101. The summed E-state index contributed by atoms with van der Waals surface area (Å²) in [5.74, 6) is 2.32. The van der Waals surface area contributed by atoms with Crippen LogP contribution in [0.5, 0.6) is 11.5 Å². The lowest BCUT2D eigenvalue weighted by atomic mass is 10.2. The molecule has 0 aromatic heterocycles. The van der Waals surface area contributed by atoms with Crippen molar-refractivity contribution in [3.8, 4) is 11.5 Å². The third kappa shape index (κ3) is 4.49. The van der Waals surface area contributed by atoms with Gasteiger partial charge in [-0.25, -0.2) is 4.99 Å². The highest BCUT2D eigenvalue weighted by molar-refractivity contribution is 8.38. The van der Waals surface area contributed by atoms with E-state index < -0.39 is 0 Å². The SMILES string of the molecule is COc1ccc(NC(=O)CSC2=Nc3ccccc3CS2)c(OC)c1. The van der Waals surface area contributed by atoms with Gasteiger partial charge in [-0.2, -0.15) is 0 Å². The zero-order chi connectivity index (χ0) is 17.6. The maximum Gasteiger partial charge on any atom is 0.234 e. The first-order valence-corrected chi connectivity index (χ1v) is 9.61. The summed E-state index contributed by atoms with van der Waals surface area (Å²) in [5.41, 5.74) is 2.84. The molecule has 0 bridgehead atoms. The van der Waals surface area contributed by atoms with E-state index in [1.165, 1.54) is 17.3 Å². The fourth-order valence-corrected chi connectivity index (χ4v) is 4.16. The molecule has 0 radical (unpaired) electrons. The normalized spacial score (nSPS) is 12.8. The van der Waals surface area contributed by atoms with Crippen LogP contribution >= 0.6 is 23.5 Å². The molecule has 1 amide bonds. The molecule has 3 rings (SSSR count). The van der Waals surface area contributed by atoms with Crippen molar-refractivity contribution in [2.24, 2.45) is 4.99 Å². The number of amides is 1. The summed E-state index contributed by atoms with van der Waals surface area (Å²) in [6.07, 6.45) is 0. The number of nitrogens with one attached hydrogen (secondary N) is 1. The van der Waals surface area contributed by atoms with Gasteiger partial charge in [-0.05, 0) is 23.8 Å². The first-order valence-electron chi connectivity index (χ1n) is 7.63. The summed E-state index contributed by atoms with van der Waals surface area (Å²) in [6.45, 7) is 0. The second-order valence-corrected chi connectivity index (χ2v) is 7.38. The molecular weight excluding hydrogens is 356 g/mol. The van der Waals surface area contributed by atoms with Gasteiger partial charge in [0, 0.05) is 11.8 Å². The van der Waals surface area contributed by atoms with E-state index in [1.54, 1.807) is 44.2 Å². The molecular formula is C18H18N2O3S2. The van der Waals surface area contributed by atoms with Crippen LogP contribution in [0.1, 0.15) is 5.56 Å². The quantitative estimate of drug-likeness (QED) is 0.845. The van der Waals surface area contributed by atoms with Gasteiger partial charge in [0.1, 0.15) is 15.9 Å². The monoisotopic (exact) mass is 374 g/mol. The number of carbonyl (C=O) groups is 1. The summed E-state index contributed by atoms with van der Waals surface area (Å²) in [7, 11) is 3.15. The van der Waals surface area contributed by atoms with E-state index in [0.717, 1.165) is 15.8 Å². The lowest BCUT2D eigenvalue weighted by Gasteiger charge is -2.14. The number of hydrogen-bond acceptors (Lipinski definition) is 6. The number of benzene rings is 2. The van der Waals surface area contributed by atoms with Crippen molar-refractivity contribution in [2.45, 2.75) is 5.75 Å². The van der Waals surface area contributed by atoms with E-state index in [1.807, 2.05) is 18.2 Å². The first-order chi connectivity index (χ1) is 12.2. The molecule has 5 nitrogen and oxygen atoms in total. The van der Waals surface area contributed by atoms with Crippen molar-refractivity contribution in [2.75, 3.05) is 25.3 Å². The highest BCUT2D eigenvalue weighted by Gasteiger charge is 2.15. The second-order valence-electron chi connectivity index (χ2n) is 5.20. The number of hydrogen-bond donors (Lipinski definition) is 1. The molecule has 0 aliphatic carbocycles. The summed E-state index contributed by atoms with van der Waals surface area (Å²) in [6, 6.07) is 13.4. The molecule has 0 saturated carbocycles. The van der Waals surface area contributed by atoms with Crippen LogP contribution < -0.4 is 14.8 Å². The lowest BCUT2D eigenvalue weighted by molar-refractivity contribution is -0.113. The molecule has 1 aliphatic rings. The number of carbonyl (C=O) groups excluding carboxylic acids is 1. The predicted molar refractivity (Wildman–Crippen MR) is 105 cm³/mol. The van der Waals surface area contributed by atoms with Crippen LogP contribution in [0, 0.1) is 0 Å².